The van der Waals surface area contributed by atoms with E-state index in [1.165, 1.54) is 4.31 Å². The van der Waals surface area contributed by atoms with Gasteiger partial charge >= 0.3 is 0 Å². The van der Waals surface area contributed by atoms with Gasteiger partial charge in [-0.15, -0.1) is 0 Å². The van der Waals surface area contributed by atoms with Gasteiger partial charge in [0.15, 0.2) is 0 Å². The lowest BCUT2D eigenvalue weighted by Crippen LogP contribution is -2.59. The molecule has 0 saturated carbocycles. The van der Waals surface area contributed by atoms with Gasteiger partial charge in [0.25, 0.3) is 10.2 Å². The van der Waals surface area contributed by atoms with Gasteiger partial charge in [-0.2, -0.15) is 12.7 Å². The molecule has 0 bridgehead atoms. The van der Waals surface area contributed by atoms with Crippen LogP contribution in [-0.4, -0.2) is 44.3 Å². The van der Waals surface area contributed by atoms with E-state index in [0.717, 1.165) is 0 Å². The fourth-order valence-corrected chi connectivity index (χ4v) is 3.08. The molecule has 0 radical (unpaired) electrons. The molecule has 0 aromatic carbocycles. The third-order valence-corrected chi connectivity index (χ3v) is 4.01. The van der Waals surface area contributed by atoms with Crippen LogP contribution in [-0.2, 0) is 15.0 Å². The van der Waals surface area contributed by atoms with Crippen LogP contribution < -0.4 is 10.0 Å². The third-order valence-electron chi connectivity index (χ3n) is 2.30. The average Bonchev–Trinajstić information content (AvgIpc) is 2.17. The number of nitrogens with zero attached hydrogens (tertiary/aromatic N) is 1. The zero-order valence-corrected chi connectivity index (χ0v) is 9.80. The molecule has 88 valence electrons. The molecule has 1 fully saturated rings. The van der Waals surface area contributed by atoms with E-state index in [9.17, 15) is 13.2 Å². The molecule has 1 aliphatic rings. The van der Waals surface area contributed by atoms with Crippen molar-refractivity contribution >= 4 is 16.1 Å². The van der Waals surface area contributed by atoms with Crippen LogP contribution in [0.5, 0.6) is 0 Å². The Hall–Kier alpha value is -0.660. The zero-order valence-electron chi connectivity index (χ0n) is 8.99. The Morgan fingerprint density at radius 1 is 1.53 bits per heavy atom. The number of rotatable bonds is 4. The first-order valence-corrected chi connectivity index (χ1v) is 6.51. The van der Waals surface area contributed by atoms with Crippen molar-refractivity contribution in [3.63, 3.8) is 0 Å². The first-order valence-electron chi connectivity index (χ1n) is 5.07. The largest absolute Gasteiger partial charge is 0.353 e. The SMILES string of the molecule is CCNS(=O)(=O)N1CCNC(=O)C1CC. The van der Waals surface area contributed by atoms with Crippen LogP contribution in [0.1, 0.15) is 20.3 Å². The lowest BCUT2D eigenvalue weighted by Gasteiger charge is -2.33. The molecule has 0 spiro atoms. The summed E-state index contributed by atoms with van der Waals surface area (Å²) < 4.78 is 27.1. The van der Waals surface area contributed by atoms with E-state index >= 15 is 0 Å². The van der Waals surface area contributed by atoms with Crippen molar-refractivity contribution in [3.05, 3.63) is 0 Å². The normalized spacial score (nSPS) is 23.9. The van der Waals surface area contributed by atoms with Crippen molar-refractivity contribution in [1.82, 2.24) is 14.3 Å². The molecule has 1 saturated heterocycles. The molecule has 1 atom stereocenters. The van der Waals surface area contributed by atoms with E-state index in [0.29, 0.717) is 26.1 Å². The van der Waals surface area contributed by atoms with E-state index < -0.39 is 16.3 Å². The summed E-state index contributed by atoms with van der Waals surface area (Å²) >= 11 is 0. The quantitative estimate of drug-likeness (QED) is 0.659. The van der Waals surface area contributed by atoms with Gasteiger partial charge in [0.05, 0.1) is 0 Å². The van der Waals surface area contributed by atoms with E-state index in [1.807, 2.05) is 0 Å². The Balaban J connectivity index is 2.87. The first-order chi connectivity index (χ1) is 7.03. The number of piperazine rings is 1. The van der Waals surface area contributed by atoms with Crippen molar-refractivity contribution in [2.75, 3.05) is 19.6 Å². The van der Waals surface area contributed by atoms with Gasteiger partial charge in [-0.05, 0) is 6.42 Å². The van der Waals surface area contributed by atoms with Gasteiger partial charge in [0, 0.05) is 19.6 Å². The van der Waals surface area contributed by atoms with Crippen LogP contribution in [0.3, 0.4) is 0 Å². The number of carbonyl (C=O) groups excluding carboxylic acids is 1. The Kier molecular flexibility index (Phi) is 4.06. The molecule has 1 rings (SSSR count). The van der Waals surface area contributed by atoms with Crippen molar-refractivity contribution in [1.29, 1.82) is 0 Å². The Morgan fingerprint density at radius 2 is 2.20 bits per heavy atom. The smallest absolute Gasteiger partial charge is 0.280 e. The molecule has 1 heterocycles. The topological polar surface area (TPSA) is 78.5 Å². The van der Waals surface area contributed by atoms with Crippen LogP contribution >= 0.6 is 0 Å². The molecule has 1 unspecified atom stereocenters. The number of hydrogen-bond acceptors (Lipinski definition) is 3. The highest BCUT2D eigenvalue weighted by Crippen LogP contribution is 2.12. The molecular weight excluding hydrogens is 218 g/mol. The highest BCUT2D eigenvalue weighted by atomic mass is 32.2. The number of carbonyl (C=O) groups is 1. The van der Waals surface area contributed by atoms with Crippen LogP contribution in [0.25, 0.3) is 0 Å². The summed E-state index contributed by atoms with van der Waals surface area (Å²) in [5.74, 6) is -0.217. The molecule has 7 heteroatoms. The van der Waals surface area contributed by atoms with Gasteiger partial charge in [0.1, 0.15) is 6.04 Å². The van der Waals surface area contributed by atoms with Crippen LogP contribution in [0.15, 0.2) is 0 Å². The van der Waals surface area contributed by atoms with E-state index in [2.05, 4.69) is 10.0 Å². The fourth-order valence-electron chi connectivity index (χ4n) is 1.64. The minimum Gasteiger partial charge on any atom is -0.353 e. The van der Waals surface area contributed by atoms with Gasteiger partial charge in [-0.3, -0.25) is 4.79 Å². The maximum Gasteiger partial charge on any atom is 0.280 e. The summed E-state index contributed by atoms with van der Waals surface area (Å²) in [7, 11) is -3.51. The molecular formula is C8H17N3O3S. The summed E-state index contributed by atoms with van der Waals surface area (Å²) in [5, 5.41) is 2.65. The monoisotopic (exact) mass is 235 g/mol. The fraction of sp³-hybridized carbons (Fsp3) is 0.875. The summed E-state index contributed by atoms with van der Waals surface area (Å²) in [5.41, 5.74) is 0. The maximum atomic E-state index is 11.7. The standard InChI is InChI=1S/C8H17N3O3S/c1-3-7-8(12)9-5-6-11(7)15(13,14)10-4-2/h7,10H,3-6H2,1-2H3,(H,9,12). The Bertz CT molecular complexity index is 328. The second-order valence-electron chi connectivity index (χ2n) is 3.33. The molecule has 0 aromatic rings. The highest BCUT2D eigenvalue weighted by Gasteiger charge is 2.35. The second kappa shape index (κ2) is 4.91. The lowest BCUT2D eigenvalue weighted by molar-refractivity contribution is -0.126. The summed E-state index contributed by atoms with van der Waals surface area (Å²) in [6.07, 6.45) is 0.483. The van der Waals surface area contributed by atoms with Gasteiger partial charge < -0.3 is 5.32 Å². The van der Waals surface area contributed by atoms with E-state index in [4.69, 9.17) is 0 Å². The van der Waals surface area contributed by atoms with Crippen molar-refractivity contribution in [2.24, 2.45) is 0 Å². The van der Waals surface area contributed by atoms with Gasteiger partial charge in [-0.1, -0.05) is 13.8 Å². The highest BCUT2D eigenvalue weighted by molar-refractivity contribution is 7.87. The van der Waals surface area contributed by atoms with Crippen molar-refractivity contribution in [2.45, 2.75) is 26.3 Å². The molecule has 6 nitrogen and oxygen atoms in total. The van der Waals surface area contributed by atoms with Crippen molar-refractivity contribution < 1.29 is 13.2 Å². The minimum atomic E-state index is -3.51. The predicted molar refractivity (Wildman–Crippen MR) is 56.4 cm³/mol. The minimum absolute atomic E-state index is 0.217. The summed E-state index contributed by atoms with van der Waals surface area (Å²) in [6.45, 7) is 4.54. The van der Waals surface area contributed by atoms with Crippen LogP contribution in [0.4, 0.5) is 0 Å². The lowest BCUT2D eigenvalue weighted by atomic mass is 10.2. The van der Waals surface area contributed by atoms with Crippen LogP contribution in [0, 0.1) is 0 Å². The number of nitrogens with one attached hydrogen (secondary N) is 2. The summed E-state index contributed by atoms with van der Waals surface area (Å²) in [6, 6.07) is -0.581. The molecule has 0 aliphatic carbocycles. The molecule has 1 amide bonds. The predicted octanol–water partition coefficient (Wildman–Crippen LogP) is -0.949. The van der Waals surface area contributed by atoms with E-state index in [-0.39, 0.29) is 5.91 Å². The van der Waals surface area contributed by atoms with Crippen molar-refractivity contribution in [3.8, 4) is 0 Å². The molecule has 15 heavy (non-hydrogen) atoms. The Labute approximate surface area is 90.2 Å². The Morgan fingerprint density at radius 3 is 2.73 bits per heavy atom. The second-order valence-corrected chi connectivity index (χ2v) is 5.04. The third kappa shape index (κ3) is 2.67. The average molecular weight is 235 g/mol. The number of hydrogen-bond donors (Lipinski definition) is 2. The zero-order chi connectivity index (χ0) is 11.5. The maximum absolute atomic E-state index is 11.7. The molecule has 2 N–H and O–H groups in total. The van der Waals surface area contributed by atoms with E-state index in [1.54, 1.807) is 13.8 Å². The summed E-state index contributed by atoms with van der Waals surface area (Å²) in [4.78, 5) is 11.4. The molecule has 0 aromatic heterocycles. The first kappa shape index (κ1) is 12.4. The van der Waals surface area contributed by atoms with Gasteiger partial charge in [0.2, 0.25) is 5.91 Å². The number of amides is 1. The van der Waals surface area contributed by atoms with Gasteiger partial charge in [-0.25, -0.2) is 4.72 Å². The molecule has 1 aliphatic heterocycles. The van der Waals surface area contributed by atoms with Crippen LogP contribution in [0.2, 0.25) is 0 Å².